The molecular weight excluding hydrogens is 384 g/mol. The zero-order chi connectivity index (χ0) is 21.3. The minimum atomic E-state index is -1.14. The van der Waals surface area contributed by atoms with Crippen molar-refractivity contribution in [1.82, 2.24) is 20.4 Å². The smallest absolute Gasteiger partial charge is 0.325 e. The molecule has 8 nitrogen and oxygen atoms in total. The van der Waals surface area contributed by atoms with Gasteiger partial charge >= 0.3 is 6.03 Å². The van der Waals surface area contributed by atoms with Crippen LogP contribution in [0.4, 0.5) is 4.79 Å². The SMILES string of the molecule is CCOc1ccc(-c2nnc(CN3C(=O)N[C@@](C)(c4ccc(C)cc4)C3=O)o2)cc1. The van der Waals surface area contributed by atoms with Gasteiger partial charge in [-0.25, -0.2) is 4.79 Å². The number of nitrogens with zero attached hydrogens (tertiary/aromatic N) is 3. The maximum absolute atomic E-state index is 13.0. The summed E-state index contributed by atoms with van der Waals surface area (Å²) in [5, 5.41) is 10.8. The zero-order valence-electron chi connectivity index (χ0n) is 17.0. The second-order valence-corrected chi connectivity index (χ2v) is 7.27. The first-order valence-electron chi connectivity index (χ1n) is 9.67. The van der Waals surface area contributed by atoms with Crippen LogP contribution in [0.15, 0.2) is 52.9 Å². The van der Waals surface area contributed by atoms with Gasteiger partial charge in [0.25, 0.3) is 5.91 Å². The molecule has 30 heavy (non-hydrogen) atoms. The molecule has 1 atom stereocenters. The number of amides is 3. The van der Waals surface area contributed by atoms with Gasteiger partial charge in [0.1, 0.15) is 17.8 Å². The van der Waals surface area contributed by atoms with Crippen LogP contribution >= 0.6 is 0 Å². The molecule has 0 spiro atoms. The van der Waals surface area contributed by atoms with Gasteiger partial charge in [0, 0.05) is 5.56 Å². The lowest BCUT2D eigenvalue weighted by atomic mass is 9.91. The van der Waals surface area contributed by atoms with E-state index in [4.69, 9.17) is 9.15 Å². The van der Waals surface area contributed by atoms with E-state index in [1.54, 1.807) is 6.92 Å². The maximum atomic E-state index is 13.0. The molecule has 1 fully saturated rings. The van der Waals surface area contributed by atoms with Crippen molar-refractivity contribution in [2.45, 2.75) is 32.9 Å². The van der Waals surface area contributed by atoms with Crippen LogP contribution in [0.2, 0.25) is 0 Å². The lowest BCUT2D eigenvalue weighted by Crippen LogP contribution is -2.40. The monoisotopic (exact) mass is 406 g/mol. The number of aryl methyl sites for hydroxylation is 1. The molecule has 0 aliphatic carbocycles. The number of carbonyl (C=O) groups excluding carboxylic acids is 2. The molecule has 3 amide bonds. The predicted octanol–water partition coefficient (Wildman–Crippen LogP) is 3.41. The fraction of sp³-hybridized carbons (Fsp3) is 0.273. The summed E-state index contributed by atoms with van der Waals surface area (Å²) in [6.45, 7) is 6.05. The van der Waals surface area contributed by atoms with Gasteiger partial charge in [0.05, 0.1) is 6.61 Å². The third kappa shape index (κ3) is 3.52. The van der Waals surface area contributed by atoms with Crippen LogP contribution in [0, 0.1) is 6.92 Å². The molecule has 1 aliphatic rings. The number of ether oxygens (including phenoxy) is 1. The fourth-order valence-corrected chi connectivity index (χ4v) is 3.35. The lowest BCUT2D eigenvalue weighted by Gasteiger charge is -2.22. The Balaban J connectivity index is 1.51. The van der Waals surface area contributed by atoms with Crippen molar-refractivity contribution in [1.29, 1.82) is 0 Å². The summed E-state index contributed by atoms with van der Waals surface area (Å²) in [5.41, 5.74) is 1.38. The zero-order valence-corrected chi connectivity index (χ0v) is 17.0. The van der Waals surface area contributed by atoms with Gasteiger partial charge in [-0.15, -0.1) is 10.2 Å². The molecule has 0 bridgehead atoms. The number of nitrogens with one attached hydrogen (secondary N) is 1. The summed E-state index contributed by atoms with van der Waals surface area (Å²) in [6, 6.07) is 14.2. The minimum absolute atomic E-state index is 0.101. The minimum Gasteiger partial charge on any atom is -0.494 e. The third-order valence-electron chi connectivity index (χ3n) is 5.08. The van der Waals surface area contributed by atoms with Crippen molar-refractivity contribution in [3.05, 3.63) is 65.5 Å². The maximum Gasteiger partial charge on any atom is 0.325 e. The van der Waals surface area contributed by atoms with Gasteiger partial charge in [0.15, 0.2) is 0 Å². The van der Waals surface area contributed by atoms with Crippen LogP contribution in [0.5, 0.6) is 5.75 Å². The van der Waals surface area contributed by atoms with Crippen molar-refractivity contribution < 1.29 is 18.7 Å². The molecule has 1 N–H and O–H groups in total. The van der Waals surface area contributed by atoms with Crippen LogP contribution in [0.1, 0.15) is 30.9 Å². The first-order valence-corrected chi connectivity index (χ1v) is 9.67. The molecule has 1 aliphatic heterocycles. The van der Waals surface area contributed by atoms with Crippen LogP contribution in [0.3, 0.4) is 0 Å². The summed E-state index contributed by atoms with van der Waals surface area (Å²) in [6.07, 6.45) is 0. The van der Waals surface area contributed by atoms with Gasteiger partial charge in [-0.3, -0.25) is 9.69 Å². The number of aromatic nitrogens is 2. The van der Waals surface area contributed by atoms with Crippen molar-refractivity contribution in [2.75, 3.05) is 6.61 Å². The average Bonchev–Trinajstić information content (AvgIpc) is 3.29. The first kappa shape index (κ1) is 19.6. The van der Waals surface area contributed by atoms with E-state index in [1.807, 2.05) is 62.4 Å². The van der Waals surface area contributed by atoms with E-state index >= 15 is 0 Å². The summed E-state index contributed by atoms with van der Waals surface area (Å²) >= 11 is 0. The fourth-order valence-electron chi connectivity index (χ4n) is 3.35. The molecule has 1 aromatic heterocycles. The Kier molecular flexibility index (Phi) is 4.99. The van der Waals surface area contributed by atoms with Crippen LogP contribution in [-0.2, 0) is 16.9 Å². The summed E-state index contributed by atoms with van der Waals surface area (Å²) < 4.78 is 11.1. The molecule has 2 aromatic carbocycles. The van der Waals surface area contributed by atoms with E-state index in [0.717, 1.165) is 27.3 Å². The Morgan fingerprint density at radius 1 is 1.07 bits per heavy atom. The van der Waals surface area contributed by atoms with Crippen molar-refractivity contribution >= 4 is 11.9 Å². The van der Waals surface area contributed by atoms with Crippen LogP contribution < -0.4 is 10.1 Å². The Labute approximate surface area is 173 Å². The molecule has 1 saturated heterocycles. The van der Waals surface area contributed by atoms with E-state index in [2.05, 4.69) is 15.5 Å². The molecule has 2 heterocycles. The standard InChI is InChI=1S/C22H22N4O4/c1-4-29-17-11-7-15(8-12-17)19-25-24-18(30-19)13-26-20(27)22(3,23-21(26)28)16-9-5-14(2)6-10-16/h5-12H,4,13H2,1-3H3,(H,23,28)/t22-/m0/s1. The van der Waals surface area contributed by atoms with Gasteiger partial charge in [-0.1, -0.05) is 29.8 Å². The molecule has 8 heteroatoms. The Bertz CT molecular complexity index is 1080. The quantitative estimate of drug-likeness (QED) is 0.630. The third-order valence-corrected chi connectivity index (χ3v) is 5.08. The highest BCUT2D eigenvalue weighted by Crippen LogP contribution is 2.30. The molecule has 0 saturated carbocycles. The predicted molar refractivity (Wildman–Crippen MR) is 109 cm³/mol. The largest absolute Gasteiger partial charge is 0.494 e. The number of imide groups is 1. The van der Waals surface area contributed by atoms with E-state index in [-0.39, 0.29) is 18.3 Å². The van der Waals surface area contributed by atoms with E-state index < -0.39 is 11.6 Å². The van der Waals surface area contributed by atoms with E-state index in [1.165, 1.54) is 0 Å². The summed E-state index contributed by atoms with van der Waals surface area (Å²) in [7, 11) is 0. The van der Waals surface area contributed by atoms with Crippen LogP contribution in [-0.4, -0.2) is 33.6 Å². The molecular formula is C22H22N4O4. The molecule has 4 rings (SSSR count). The molecule has 0 unspecified atom stereocenters. The molecule has 0 radical (unpaired) electrons. The highest BCUT2D eigenvalue weighted by Gasteiger charge is 2.49. The average molecular weight is 406 g/mol. The van der Waals surface area contributed by atoms with Gasteiger partial charge in [-0.05, 0) is 50.6 Å². The normalized spacial score (nSPS) is 18.6. The highest BCUT2D eigenvalue weighted by atomic mass is 16.5. The number of urea groups is 1. The second kappa shape index (κ2) is 7.62. The number of carbonyl (C=O) groups is 2. The van der Waals surface area contributed by atoms with Gasteiger partial charge in [0.2, 0.25) is 11.8 Å². The summed E-state index contributed by atoms with van der Waals surface area (Å²) in [5.74, 6) is 0.866. The topological polar surface area (TPSA) is 97.6 Å². The van der Waals surface area contributed by atoms with Crippen molar-refractivity contribution in [2.24, 2.45) is 0 Å². The Morgan fingerprint density at radius 2 is 1.77 bits per heavy atom. The number of benzene rings is 2. The van der Waals surface area contributed by atoms with E-state index in [9.17, 15) is 9.59 Å². The van der Waals surface area contributed by atoms with Gasteiger partial charge < -0.3 is 14.5 Å². The van der Waals surface area contributed by atoms with Crippen LogP contribution in [0.25, 0.3) is 11.5 Å². The number of rotatable bonds is 6. The molecule has 154 valence electrons. The highest BCUT2D eigenvalue weighted by molar-refractivity contribution is 6.07. The van der Waals surface area contributed by atoms with Crippen molar-refractivity contribution in [3.8, 4) is 17.2 Å². The summed E-state index contributed by atoms with van der Waals surface area (Å²) in [4.78, 5) is 26.6. The Morgan fingerprint density at radius 3 is 2.43 bits per heavy atom. The molecule has 3 aromatic rings. The number of hydrogen-bond donors (Lipinski definition) is 1. The second-order valence-electron chi connectivity index (χ2n) is 7.27. The van der Waals surface area contributed by atoms with Gasteiger partial charge in [-0.2, -0.15) is 0 Å². The van der Waals surface area contributed by atoms with Crippen molar-refractivity contribution in [3.63, 3.8) is 0 Å². The number of hydrogen-bond acceptors (Lipinski definition) is 6. The Hall–Kier alpha value is -3.68. The van der Waals surface area contributed by atoms with E-state index in [0.29, 0.717) is 12.5 Å². The lowest BCUT2D eigenvalue weighted by molar-refractivity contribution is -0.131. The first-order chi connectivity index (χ1) is 14.4.